The topological polar surface area (TPSA) is 152 Å². The van der Waals surface area contributed by atoms with Gasteiger partial charge in [-0.15, -0.1) is 0 Å². The summed E-state index contributed by atoms with van der Waals surface area (Å²) in [5.74, 6) is -0.813. The normalized spacial score (nSPS) is 20.7. The Morgan fingerprint density at radius 1 is 0.545 bits per heavy atom. The molecule has 0 radical (unpaired) electrons. The van der Waals surface area contributed by atoms with Crippen LogP contribution in [0.15, 0.2) is 24.3 Å². The van der Waals surface area contributed by atoms with Gasteiger partial charge >= 0.3 is 11.9 Å². The average Bonchev–Trinajstić information content (AvgIpc) is 3.18. The van der Waals surface area contributed by atoms with Crippen LogP contribution in [0.1, 0.15) is 194 Å². The van der Waals surface area contributed by atoms with Gasteiger partial charge in [0.25, 0.3) is 0 Å². The Morgan fingerprint density at radius 3 is 1.42 bits per heavy atom. The molecule has 322 valence electrons. The molecule has 0 bridgehead atoms. The Balaban J connectivity index is 2.33. The summed E-state index contributed by atoms with van der Waals surface area (Å²) in [6.07, 6.45) is 31.8. The summed E-state index contributed by atoms with van der Waals surface area (Å²) < 4.78 is 22.1. The van der Waals surface area contributed by atoms with Crippen molar-refractivity contribution in [1.29, 1.82) is 0 Å². The molecular weight excluding hydrogens is 700 g/mol. The summed E-state index contributed by atoms with van der Waals surface area (Å²) in [5.41, 5.74) is 0. The molecule has 0 spiro atoms. The van der Waals surface area contributed by atoms with Crippen LogP contribution >= 0.6 is 0 Å². The molecule has 0 aliphatic carbocycles. The van der Waals surface area contributed by atoms with E-state index in [2.05, 4.69) is 38.2 Å². The van der Waals surface area contributed by atoms with Gasteiger partial charge in [-0.1, -0.05) is 141 Å². The molecule has 2 unspecified atom stereocenters. The number of unbranched alkanes of at least 4 members (excludes halogenated alkanes) is 22. The van der Waals surface area contributed by atoms with Crippen molar-refractivity contribution in [2.75, 3.05) is 19.8 Å². The van der Waals surface area contributed by atoms with Gasteiger partial charge in [0, 0.05) is 12.8 Å². The minimum absolute atomic E-state index is 0.219. The van der Waals surface area contributed by atoms with Crippen molar-refractivity contribution in [3.8, 4) is 0 Å². The number of ether oxygens (including phenoxy) is 4. The number of carbonyl (C=O) groups is 2. The van der Waals surface area contributed by atoms with E-state index in [1.165, 1.54) is 103 Å². The number of hydrogen-bond donors (Lipinski definition) is 4. The highest BCUT2D eigenvalue weighted by Crippen LogP contribution is 2.22. The van der Waals surface area contributed by atoms with Gasteiger partial charge in [-0.3, -0.25) is 9.59 Å². The lowest BCUT2D eigenvalue weighted by atomic mass is 9.99. The summed E-state index contributed by atoms with van der Waals surface area (Å²) >= 11 is 0. The minimum atomic E-state index is -1.59. The lowest BCUT2D eigenvalue weighted by molar-refractivity contribution is -0.305. The van der Waals surface area contributed by atoms with Crippen molar-refractivity contribution in [3.05, 3.63) is 24.3 Å². The fraction of sp³-hybridized carbons (Fsp3) is 0.867. The van der Waals surface area contributed by atoms with E-state index in [0.717, 1.165) is 57.8 Å². The average molecular weight is 783 g/mol. The van der Waals surface area contributed by atoms with E-state index in [0.29, 0.717) is 6.42 Å². The quantitative estimate of drug-likeness (QED) is 0.0273. The highest BCUT2D eigenvalue weighted by atomic mass is 16.7. The molecule has 0 aromatic heterocycles. The molecule has 1 heterocycles. The zero-order valence-electron chi connectivity index (χ0n) is 34.9. The Morgan fingerprint density at radius 2 is 0.964 bits per heavy atom. The van der Waals surface area contributed by atoms with Crippen molar-refractivity contribution >= 4 is 11.9 Å². The number of hydrogen-bond acceptors (Lipinski definition) is 10. The predicted molar refractivity (Wildman–Crippen MR) is 219 cm³/mol. The summed E-state index contributed by atoms with van der Waals surface area (Å²) in [5, 5.41) is 40.0. The van der Waals surface area contributed by atoms with Crippen molar-refractivity contribution in [2.45, 2.75) is 230 Å². The Bertz CT molecular complexity index is 954. The summed E-state index contributed by atoms with van der Waals surface area (Å²) in [6.45, 7) is 3.39. The molecule has 55 heavy (non-hydrogen) atoms. The molecule has 1 saturated heterocycles. The van der Waals surface area contributed by atoms with Gasteiger partial charge in [-0.25, -0.2) is 0 Å². The summed E-state index contributed by atoms with van der Waals surface area (Å²) in [7, 11) is 0. The Labute approximate surface area is 334 Å². The zero-order valence-corrected chi connectivity index (χ0v) is 34.9. The molecular formula is C45H82O10. The van der Waals surface area contributed by atoms with Crippen LogP contribution in [0, 0.1) is 0 Å². The van der Waals surface area contributed by atoms with Crippen molar-refractivity contribution < 1.29 is 49.0 Å². The third-order valence-electron chi connectivity index (χ3n) is 10.3. The number of rotatable bonds is 37. The molecule has 0 saturated carbocycles. The van der Waals surface area contributed by atoms with Crippen LogP contribution in [0.3, 0.4) is 0 Å². The van der Waals surface area contributed by atoms with Crippen LogP contribution in [0.2, 0.25) is 0 Å². The first kappa shape index (κ1) is 51.2. The van der Waals surface area contributed by atoms with Gasteiger partial charge in [-0.2, -0.15) is 0 Å². The molecule has 6 atom stereocenters. The monoisotopic (exact) mass is 783 g/mol. The standard InChI is InChI=1S/C45H82O10/c1-3-5-7-9-11-13-15-17-19-21-23-25-27-29-31-33-40(47)52-36-38(37-53-45-44(51)43(50)42(49)39(35-46)55-45)54-41(48)34-32-30-28-26-24-22-20-18-16-14-12-10-8-6-4-2/h13-16,38-39,42-46,49-51H,3-12,17-37H2,1-2H3/b15-13+,16-14+/t38-,39-,42+,43?,44?,45-/m0/s1. The first-order valence-corrected chi connectivity index (χ1v) is 22.4. The van der Waals surface area contributed by atoms with E-state index >= 15 is 0 Å². The van der Waals surface area contributed by atoms with E-state index in [4.69, 9.17) is 18.9 Å². The van der Waals surface area contributed by atoms with Crippen LogP contribution in [0.25, 0.3) is 0 Å². The highest BCUT2D eigenvalue weighted by molar-refractivity contribution is 5.70. The minimum Gasteiger partial charge on any atom is -0.462 e. The molecule has 0 aromatic rings. The highest BCUT2D eigenvalue weighted by Gasteiger charge is 2.44. The Hall–Kier alpha value is -1.82. The Kier molecular flexibility index (Phi) is 34.0. The number of esters is 2. The number of aliphatic hydroxyl groups is 4. The third kappa shape index (κ3) is 28.3. The second-order valence-corrected chi connectivity index (χ2v) is 15.5. The van der Waals surface area contributed by atoms with Crippen LogP contribution in [0.4, 0.5) is 0 Å². The lowest BCUT2D eigenvalue weighted by Gasteiger charge is -2.39. The van der Waals surface area contributed by atoms with Gasteiger partial charge in [-0.05, 0) is 64.2 Å². The van der Waals surface area contributed by atoms with Gasteiger partial charge < -0.3 is 39.4 Å². The molecule has 1 fully saturated rings. The zero-order chi connectivity index (χ0) is 40.2. The summed E-state index contributed by atoms with van der Waals surface area (Å²) in [4.78, 5) is 25.3. The molecule has 1 aliphatic rings. The maximum atomic E-state index is 12.8. The molecule has 1 rings (SSSR count). The first-order chi connectivity index (χ1) is 26.8. The van der Waals surface area contributed by atoms with Crippen molar-refractivity contribution in [1.82, 2.24) is 0 Å². The molecule has 10 heteroatoms. The molecule has 4 N–H and O–H groups in total. The van der Waals surface area contributed by atoms with Gasteiger partial charge in [0.1, 0.15) is 31.0 Å². The van der Waals surface area contributed by atoms with Crippen LogP contribution in [0.5, 0.6) is 0 Å². The number of carbonyl (C=O) groups excluding carboxylic acids is 2. The van der Waals surface area contributed by atoms with Crippen molar-refractivity contribution in [3.63, 3.8) is 0 Å². The van der Waals surface area contributed by atoms with E-state index in [1.54, 1.807) is 0 Å². The second kappa shape index (κ2) is 36.5. The van der Waals surface area contributed by atoms with Crippen LogP contribution < -0.4 is 0 Å². The predicted octanol–water partition coefficient (Wildman–Crippen LogP) is 9.33. The third-order valence-corrected chi connectivity index (χ3v) is 10.3. The largest absolute Gasteiger partial charge is 0.462 e. The first-order valence-electron chi connectivity index (χ1n) is 22.4. The van der Waals surface area contributed by atoms with E-state index in [9.17, 15) is 30.0 Å². The van der Waals surface area contributed by atoms with E-state index < -0.39 is 49.4 Å². The molecule has 10 nitrogen and oxygen atoms in total. The van der Waals surface area contributed by atoms with E-state index in [1.807, 2.05) is 0 Å². The van der Waals surface area contributed by atoms with Crippen LogP contribution in [-0.2, 0) is 28.5 Å². The maximum Gasteiger partial charge on any atom is 0.306 e. The fourth-order valence-corrected chi connectivity index (χ4v) is 6.71. The second-order valence-electron chi connectivity index (χ2n) is 15.5. The van der Waals surface area contributed by atoms with Crippen molar-refractivity contribution in [2.24, 2.45) is 0 Å². The molecule has 0 aromatic carbocycles. The lowest BCUT2D eigenvalue weighted by Crippen LogP contribution is -2.59. The van der Waals surface area contributed by atoms with Crippen LogP contribution in [-0.4, -0.2) is 89.0 Å². The van der Waals surface area contributed by atoms with Gasteiger partial charge in [0.05, 0.1) is 13.2 Å². The number of aliphatic hydroxyl groups excluding tert-OH is 4. The molecule has 1 aliphatic heterocycles. The fourth-order valence-electron chi connectivity index (χ4n) is 6.71. The summed E-state index contributed by atoms with van der Waals surface area (Å²) in [6, 6.07) is 0. The van der Waals surface area contributed by atoms with Gasteiger partial charge in [0.2, 0.25) is 0 Å². The molecule has 0 amide bonds. The number of allylic oxidation sites excluding steroid dienone is 4. The SMILES string of the molecule is CCCCCC/C=C/CCCCCCCCCC(=O)OC[C@@H](CO[C@H]1O[C@@H](CO)[C@@H](O)C(O)C1O)OC(=O)CCCCCCCCC/C=C/CCCCCC. The van der Waals surface area contributed by atoms with E-state index in [-0.39, 0.29) is 32.0 Å². The van der Waals surface area contributed by atoms with Gasteiger partial charge in [0.15, 0.2) is 12.4 Å². The maximum absolute atomic E-state index is 12.8. The smallest absolute Gasteiger partial charge is 0.306 e.